The summed E-state index contributed by atoms with van der Waals surface area (Å²) < 4.78 is 5.45. The van der Waals surface area contributed by atoms with Crippen molar-refractivity contribution in [3.05, 3.63) is 35.7 Å². The summed E-state index contributed by atoms with van der Waals surface area (Å²) in [6.07, 6.45) is 2.15. The number of hydrogen-bond donors (Lipinski definition) is 1. The van der Waals surface area contributed by atoms with E-state index in [4.69, 9.17) is 4.52 Å². The molecule has 4 nitrogen and oxygen atoms in total. The first kappa shape index (κ1) is 13.3. The molecular formula is C16H21N3O. The van der Waals surface area contributed by atoms with Gasteiger partial charge in [-0.25, -0.2) is 0 Å². The molecule has 0 aliphatic carbocycles. The van der Waals surface area contributed by atoms with E-state index in [2.05, 4.69) is 53.6 Å². The number of aromatic nitrogens is 2. The summed E-state index contributed by atoms with van der Waals surface area (Å²) >= 11 is 0. The van der Waals surface area contributed by atoms with Gasteiger partial charge in [0.1, 0.15) is 0 Å². The van der Waals surface area contributed by atoms with Gasteiger partial charge in [-0.1, -0.05) is 43.3 Å². The van der Waals surface area contributed by atoms with Crippen molar-refractivity contribution in [2.75, 3.05) is 13.1 Å². The predicted molar refractivity (Wildman–Crippen MR) is 78.7 cm³/mol. The van der Waals surface area contributed by atoms with E-state index in [0.717, 1.165) is 37.4 Å². The molecule has 3 rings (SSSR count). The van der Waals surface area contributed by atoms with Gasteiger partial charge in [-0.3, -0.25) is 0 Å². The largest absolute Gasteiger partial charge is 0.339 e. The van der Waals surface area contributed by atoms with Crippen molar-refractivity contribution in [2.45, 2.75) is 38.5 Å². The van der Waals surface area contributed by atoms with E-state index in [0.29, 0.717) is 17.7 Å². The van der Waals surface area contributed by atoms with Gasteiger partial charge in [0.25, 0.3) is 0 Å². The summed E-state index contributed by atoms with van der Waals surface area (Å²) in [5.74, 6) is 2.44. The molecule has 2 aromatic rings. The summed E-state index contributed by atoms with van der Waals surface area (Å²) in [7, 11) is 0. The molecule has 1 fully saturated rings. The molecule has 0 saturated carbocycles. The maximum Gasteiger partial charge on any atom is 0.230 e. The number of nitrogens with one attached hydrogen (secondary N) is 1. The summed E-state index contributed by atoms with van der Waals surface area (Å²) in [6.45, 7) is 6.45. The van der Waals surface area contributed by atoms with Crippen LogP contribution in [0, 0.1) is 0 Å². The molecule has 0 radical (unpaired) electrons. The lowest BCUT2D eigenvalue weighted by atomic mass is 9.98. The fourth-order valence-corrected chi connectivity index (χ4v) is 2.60. The van der Waals surface area contributed by atoms with Gasteiger partial charge in [0.05, 0.1) is 0 Å². The Balaban J connectivity index is 1.78. The topological polar surface area (TPSA) is 51.0 Å². The van der Waals surface area contributed by atoms with Gasteiger partial charge < -0.3 is 9.84 Å². The average molecular weight is 271 g/mol. The lowest BCUT2D eigenvalue weighted by Crippen LogP contribution is -2.26. The second kappa shape index (κ2) is 5.75. The summed E-state index contributed by atoms with van der Waals surface area (Å²) in [4.78, 5) is 4.57. The third-order valence-electron chi connectivity index (χ3n) is 3.97. The Bertz CT molecular complexity index is 553. The zero-order chi connectivity index (χ0) is 13.9. The minimum absolute atomic E-state index is 0.410. The van der Waals surface area contributed by atoms with Crippen molar-refractivity contribution in [3.63, 3.8) is 0 Å². The second-order valence-corrected chi connectivity index (χ2v) is 5.76. The minimum atomic E-state index is 0.410. The molecule has 0 bridgehead atoms. The highest BCUT2D eigenvalue weighted by atomic mass is 16.5. The smallest absolute Gasteiger partial charge is 0.230 e. The van der Waals surface area contributed by atoms with Crippen LogP contribution in [0.4, 0.5) is 0 Å². The molecule has 1 aliphatic heterocycles. The first-order valence-electron chi connectivity index (χ1n) is 7.38. The fraction of sp³-hybridized carbons (Fsp3) is 0.500. The van der Waals surface area contributed by atoms with E-state index in [1.807, 2.05) is 0 Å². The van der Waals surface area contributed by atoms with Gasteiger partial charge in [-0.2, -0.15) is 4.98 Å². The second-order valence-electron chi connectivity index (χ2n) is 5.76. The van der Waals surface area contributed by atoms with Crippen molar-refractivity contribution >= 4 is 0 Å². The van der Waals surface area contributed by atoms with Crippen LogP contribution in [0.15, 0.2) is 28.8 Å². The van der Waals surface area contributed by atoms with Crippen molar-refractivity contribution in [1.82, 2.24) is 15.5 Å². The van der Waals surface area contributed by atoms with Crippen LogP contribution in [0.3, 0.4) is 0 Å². The Morgan fingerprint density at radius 3 is 2.50 bits per heavy atom. The van der Waals surface area contributed by atoms with Crippen molar-refractivity contribution < 1.29 is 4.52 Å². The Morgan fingerprint density at radius 2 is 1.85 bits per heavy atom. The van der Waals surface area contributed by atoms with Crippen LogP contribution in [0.5, 0.6) is 0 Å². The van der Waals surface area contributed by atoms with Crippen LogP contribution in [0.25, 0.3) is 11.4 Å². The molecule has 2 heterocycles. The number of hydrogen-bond acceptors (Lipinski definition) is 4. The number of nitrogens with zero attached hydrogens (tertiary/aromatic N) is 2. The van der Waals surface area contributed by atoms with Crippen LogP contribution >= 0.6 is 0 Å². The molecule has 1 aromatic carbocycles. The molecule has 0 atom stereocenters. The highest BCUT2D eigenvalue weighted by Crippen LogP contribution is 2.26. The lowest BCUT2D eigenvalue weighted by molar-refractivity contribution is 0.320. The molecule has 1 aliphatic rings. The predicted octanol–water partition coefficient (Wildman–Crippen LogP) is 3.33. The Hall–Kier alpha value is -1.68. The van der Waals surface area contributed by atoms with E-state index in [9.17, 15) is 0 Å². The minimum Gasteiger partial charge on any atom is -0.339 e. The Morgan fingerprint density at radius 1 is 1.15 bits per heavy atom. The van der Waals surface area contributed by atoms with Crippen LogP contribution in [0.2, 0.25) is 0 Å². The molecule has 20 heavy (non-hydrogen) atoms. The molecular weight excluding hydrogens is 250 g/mol. The maximum atomic E-state index is 5.45. The maximum absolute atomic E-state index is 5.45. The number of rotatable bonds is 3. The van der Waals surface area contributed by atoms with Gasteiger partial charge in [-0.05, 0) is 37.4 Å². The quantitative estimate of drug-likeness (QED) is 0.930. The molecule has 4 heteroatoms. The Kier molecular flexibility index (Phi) is 3.83. The molecule has 0 unspecified atom stereocenters. The first-order valence-corrected chi connectivity index (χ1v) is 7.38. The molecule has 1 saturated heterocycles. The van der Waals surface area contributed by atoms with Gasteiger partial charge in [0.2, 0.25) is 11.7 Å². The van der Waals surface area contributed by atoms with Crippen molar-refractivity contribution in [2.24, 2.45) is 0 Å². The molecule has 1 aromatic heterocycles. The highest BCUT2D eigenvalue weighted by molar-refractivity contribution is 5.54. The van der Waals surface area contributed by atoms with Crippen LogP contribution < -0.4 is 5.32 Å². The average Bonchev–Trinajstić information content (AvgIpc) is 2.98. The van der Waals surface area contributed by atoms with Gasteiger partial charge in [0.15, 0.2) is 0 Å². The first-order chi connectivity index (χ1) is 9.74. The van der Waals surface area contributed by atoms with Crippen LogP contribution in [0.1, 0.15) is 50.0 Å². The summed E-state index contributed by atoms with van der Waals surface area (Å²) in [6, 6.07) is 8.43. The summed E-state index contributed by atoms with van der Waals surface area (Å²) in [5.41, 5.74) is 2.36. The third kappa shape index (κ3) is 2.75. The van der Waals surface area contributed by atoms with E-state index < -0.39 is 0 Å². The Labute approximate surface area is 119 Å². The van der Waals surface area contributed by atoms with E-state index >= 15 is 0 Å². The summed E-state index contributed by atoms with van der Waals surface area (Å²) in [5, 5.41) is 7.48. The van der Waals surface area contributed by atoms with Crippen LogP contribution in [-0.2, 0) is 0 Å². The molecule has 0 spiro atoms. The molecule has 0 amide bonds. The van der Waals surface area contributed by atoms with E-state index in [1.54, 1.807) is 0 Å². The van der Waals surface area contributed by atoms with E-state index in [1.165, 1.54) is 5.56 Å². The molecule has 106 valence electrons. The SMILES string of the molecule is CC(C)c1ccc(-c2noc(C3CCNCC3)n2)cc1. The van der Waals surface area contributed by atoms with Crippen LogP contribution in [-0.4, -0.2) is 23.2 Å². The van der Waals surface area contributed by atoms with Gasteiger partial charge in [0, 0.05) is 11.5 Å². The lowest BCUT2D eigenvalue weighted by Gasteiger charge is -2.18. The highest BCUT2D eigenvalue weighted by Gasteiger charge is 2.21. The third-order valence-corrected chi connectivity index (χ3v) is 3.97. The zero-order valence-electron chi connectivity index (χ0n) is 12.1. The monoisotopic (exact) mass is 271 g/mol. The molecule has 1 N–H and O–H groups in total. The standard InChI is InChI=1S/C16H21N3O/c1-11(2)12-3-5-13(6-4-12)15-18-16(20-19-15)14-7-9-17-10-8-14/h3-6,11,14,17H,7-10H2,1-2H3. The normalized spacial score (nSPS) is 16.8. The number of piperidine rings is 1. The fourth-order valence-electron chi connectivity index (χ4n) is 2.60. The number of benzene rings is 1. The van der Waals surface area contributed by atoms with Gasteiger partial charge >= 0.3 is 0 Å². The zero-order valence-corrected chi connectivity index (χ0v) is 12.1. The van der Waals surface area contributed by atoms with Crippen molar-refractivity contribution in [1.29, 1.82) is 0 Å². The van der Waals surface area contributed by atoms with Gasteiger partial charge in [-0.15, -0.1) is 0 Å². The van der Waals surface area contributed by atoms with E-state index in [-0.39, 0.29) is 0 Å². The van der Waals surface area contributed by atoms with Crippen molar-refractivity contribution in [3.8, 4) is 11.4 Å².